The van der Waals surface area contributed by atoms with E-state index < -0.39 is 12.8 Å². The minimum atomic E-state index is -4.34. The Labute approximate surface area is 108 Å². The van der Waals surface area contributed by atoms with E-state index in [0.29, 0.717) is 18.5 Å². The van der Waals surface area contributed by atoms with E-state index in [-0.39, 0.29) is 12.4 Å². The first-order valence-electron chi connectivity index (χ1n) is 6.22. The van der Waals surface area contributed by atoms with Crippen molar-refractivity contribution in [1.29, 1.82) is 0 Å². The highest BCUT2D eigenvalue weighted by molar-refractivity contribution is 4.85. The summed E-state index contributed by atoms with van der Waals surface area (Å²) in [6, 6.07) is 0.469. The standard InChI is InChI=1S/C11H16F3N3O2/c12-11(13,14)7-18-6-9-16-10(19-17-9)5-15-8-3-1-2-4-8/h8,15H,1-7H2. The van der Waals surface area contributed by atoms with Crippen molar-refractivity contribution in [3.63, 3.8) is 0 Å². The molecule has 1 saturated carbocycles. The number of halogens is 3. The molecule has 1 aliphatic carbocycles. The van der Waals surface area contributed by atoms with Crippen molar-refractivity contribution >= 4 is 0 Å². The van der Waals surface area contributed by atoms with Gasteiger partial charge >= 0.3 is 6.18 Å². The third-order valence-electron chi connectivity index (χ3n) is 2.90. The molecule has 1 fully saturated rings. The van der Waals surface area contributed by atoms with Crippen molar-refractivity contribution in [2.45, 2.75) is 51.1 Å². The van der Waals surface area contributed by atoms with Crippen LogP contribution in [0.1, 0.15) is 37.4 Å². The number of alkyl halides is 3. The highest BCUT2D eigenvalue weighted by Crippen LogP contribution is 2.18. The van der Waals surface area contributed by atoms with Crippen molar-refractivity contribution in [1.82, 2.24) is 15.5 Å². The van der Waals surface area contributed by atoms with Crippen molar-refractivity contribution in [3.05, 3.63) is 11.7 Å². The minimum Gasteiger partial charge on any atom is -0.364 e. The number of ether oxygens (including phenoxy) is 1. The summed E-state index contributed by atoms with van der Waals surface area (Å²) in [7, 11) is 0. The van der Waals surface area contributed by atoms with Gasteiger partial charge in [-0.05, 0) is 12.8 Å². The normalized spacial score (nSPS) is 17.2. The van der Waals surface area contributed by atoms with Crippen molar-refractivity contribution in [2.24, 2.45) is 0 Å². The number of rotatable bonds is 6. The highest BCUT2D eigenvalue weighted by Gasteiger charge is 2.27. The molecule has 0 aromatic carbocycles. The van der Waals surface area contributed by atoms with Gasteiger partial charge in [0.1, 0.15) is 13.2 Å². The van der Waals surface area contributed by atoms with Gasteiger partial charge in [0.2, 0.25) is 5.89 Å². The van der Waals surface area contributed by atoms with E-state index in [1.165, 1.54) is 12.8 Å². The van der Waals surface area contributed by atoms with E-state index in [4.69, 9.17) is 4.52 Å². The predicted molar refractivity (Wildman–Crippen MR) is 59.1 cm³/mol. The highest BCUT2D eigenvalue weighted by atomic mass is 19.4. The zero-order valence-corrected chi connectivity index (χ0v) is 10.4. The molecule has 0 bridgehead atoms. The molecule has 1 aromatic heterocycles. The summed E-state index contributed by atoms with van der Waals surface area (Å²) in [4.78, 5) is 3.96. The summed E-state index contributed by atoms with van der Waals surface area (Å²) in [6.07, 6.45) is 0.373. The predicted octanol–water partition coefficient (Wildman–Crippen LogP) is 2.18. The van der Waals surface area contributed by atoms with Gasteiger partial charge in [-0.15, -0.1) is 0 Å². The van der Waals surface area contributed by atoms with Crippen molar-refractivity contribution in [3.8, 4) is 0 Å². The molecule has 5 nitrogen and oxygen atoms in total. The topological polar surface area (TPSA) is 60.2 Å². The first kappa shape index (κ1) is 14.3. The van der Waals surface area contributed by atoms with E-state index in [2.05, 4.69) is 20.2 Å². The maximum Gasteiger partial charge on any atom is 0.411 e. The molecule has 2 rings (SSSR count). The Morgan fingerprint density at radius 3 is 2.74 bits per heavy atom. The van der Waals surface area contributed by atoms with Gasteiger partial charge in [0.15, 0.2) is 5.82 Å². The number of nitrogens with one attached hydrogen (secondary N) is 1. The molecule has 1 N–H and O–H groups in total. The molecule has 19 heavy (non-hydrogen) atoms. The zero-order valence-electron chi connectivity index (χ0n) is 10.4. The Morgan fingerprint density at radius 2 is 2.05 bits per heavy atom. The summed E-state index contributed by atoms with van der Waals surface area (Å²) in [5.74, 6) is 0.505. The molecule has 0 radical (unpaired) electrons. The molecule has 0 amide bonds. The van der Waals surface area contributed by atoms with Gasteiger partial charge in [0, 0.05) is 6.04 Å². The molecule has 0 saturated heterocycles. The van der Waals surface area contributed by atoms with E-state index >= 15 is 0 Å². The third kappa shape index (κ3) is 5.15. The molecular weight excluding hydrogens is 263 g/mol. The minimum absolute atomic E-state index is 0.132. The summed E-state index contributed by atoms with van der Waals surface area (Å²) in [6.45, 7) is -1.17. The maximum atomic E-state index is 11.9. The fourth-order valence-corrected chi connectivity index (χ4v) is 2.04. The lowest BCUT2D eigenvalue weighted by atomic mass is 10.2. The van der Waals surface area contributed by atoms with Crippen LogP contribution in [0.2, 0.25) is 0 Å². The molecule has 108 valence electrons. The van der Waals surface area contributed by atoms with Gasteiger partial charge < -0.3 is 14.6 Å². The quantitative estimate of drug-likeness (QED) is 0.865. The third-order valence-corrected chi connectivity index (χ3v) is 2.90. The van der Waals surface area contributed by atoms with Crippen molar-refractivity contribution in [2.75, 3.05) is 6.61 Å². The maximum absolute atomic E-state index is 11.9. The zero-order chi connectivity index (χ0) is 13.7. The summed E-state index contributed by atoms with van der Waals surface area (Å²) in [5, 5.41) is 6.84. The second-order valence-electron chi connectivity index (χ2n) is 4.57. The van der Waals surface area contributed by atoms with Crippen LogP contribution in [0.4, 0.5) is 13.2 Å². The molecule has 1 aliphatic rings. The SMILES string of the molecule is FC(F)(F)COCc1noc(CNC2CCCC2)n1. The lowest BCUT2D eigenvalue weighted by Gasteiger charge is -2.08. The van der Waals surface area contributed by atoms with Crippen LogP contribution in [0.5, 0.6) is 0 Å². The molecule has 0 unspecified atom stereocenters. The monoisotopic (exact) mass is 279 g/mol. The van der Waals surface area contributed by atoms with E-state index in [9.17, 15) is 13.2 Å². The van der Waals surface area contributed by atoms with Gasteiger partial charge in [0.25, 0.3) is 0 Å². The lowest BCUT2D eigenvalue weighted by molar-refractivity contribution is -0.177. The first-order chi connectivity index (χ1) is 9.03. The number of hydrogen-bond acceptors (Lipinski definition) is 5. The van der Waals surface area contributed by atoms with Crippen molar-refractivity contribution < 1.29 is 22.4 Å². The Bertz CT molecular complexity index is 389. The van der Waals surface area contributed by atoms with Crippen LogP contribution in [0, 0.1) is 0 Å². The average molecular weight is 279 g/mol. The first-order valence-corrected chi connectivity index (χ1v) is 6.22. The smallest absolute Gasteiger partial charge is 0.364 e. The van der Waals surface area contributed by atoms with Crippen LogP contribution in [0.25, 0.3) is 0 Å². The van der Waals surface area contributed by atoms with Crippen LogP contribution in [0.15, 0.2) is 4.52 Å². The fraction of sp³-hybridized carbons (Fsp3) is 0.818. The molecule has 0 atom stereocenters. The Hall–Kier alpha value is -1.15. The summed E-state index contributed by atoms with van der Waals surface area (Å²) in [5.41, 5.74) is 0. The van der Waals surface area contributed by atoms with Gasteiger partial charge in [-0.3, -0.25) is 0 Å². The van der Waals surface area contributed by atoms with Crippen LogP contribution < -0.4 is 5.32 Å². The number of aromatic nitrogens is 2. The van der Waals surface area contributed by atoms with Crippen LogP contribution in [-0.4, -0.2) is 29.0 Å². The van der Waals surface area contributed by atoms with Gasteiger partial charge in [-0.25, -0.2) is 0 Å². The van der Waals surface area contributed by atoms with Gasteiger partial charge in [-0.2, -0.15) is 18.2 Å². The Morgan fingerprint density at radius 1 is 1.32 bits per heavy atom. The van der Waals surface area contributed by atoms with Gasteiger partial charge in [0.05, 0.1) is 6.54 Å². The average Bonchev–Trinajstić information content (AvgIpc) is 2.94. The molecule has 8 heteroatoms. The second-order valence-corrected chi connectivity index (χ2v) is 4.57. The fourth-order valence-electron chi connectivity index (χ4n) is 2.04. The van der Waals surface area contributed by atoms with Crippen LogP contribution >= 0.6 is 0 Å². The molecule has 1 heterocycles. The van der Waals surface area contributed by atoms with Crippen LogP contribution in [0.3, 0.4) is 0 Å². The van der Waals surface area contributed by atoms with E-state index in [1.807, 2.05) is 0 Å². The molecule has 1 aromatic rings. The van der Waals surface area contributed by atoms with Crippen LogP contribution in [-0.2, 0) is 17.9 Å². The molecule has 0 aliphatic heterocycles. The molecular formula is C11H16F3N3O2. The number of hydrogen-bond donors (Lipinski definition) is 1. The van der Waals surface area contributed by atoms with E-state index in [0.717, 1.165) is 12.8 Å². The largest absolute Gasteiger partial charge is 0.411 e. The second kappa shape index (κ2) is 6.33. The summed E-state index contributed by atoms with van der Waals surface area (Å²) >= 11 is 0. The summed E-state index contributed by atoms with van der Waals surface area (Å²) < 4.78 is 44.9. The Kier molecular flexibility index (Phi) is 4.76. The van der Waals surface area contributed by atoms with E-state index in [1.54, 1.807) is 0 Å². The molecule has 0 spiro atoms. The lowest BCUT2D eigenvalue weighted by Crippen LogP contribution is -2.25. The van der Waals surface area contributed by atoms with Gasteiger partial charge in [-0.1, -0.05) is 18.0 Å². The Balaban J connectivity index is 1.69. The number of nitrogens with zero attached hydrogens (tertiary/aromatic N) is 2.